The van der Waals surface area contributed by atoms with Gasteiger partial charge in [0.25, 0.3) is 0 Å². The molecule has 7 nitrogen and oxygen atoms in total. The standard InChI is InChI=1S/C19H21ClN2O5S2/c1-29(24,25)22(16-5-6-17-18(10-16)27-13-26-17)11-19(23)21-7-8-28-12-14-3-2-4-15(20)9-14/h2-6,9-10H,7-8,11-13H2,1H3,(H,21,23). The van der Waals surface area contributed by atoms with E-state index in [-0.39, 0.29) is 19.2 Å². The number of sulfonamides is 1. The molecule has 0 atom stereocenters. The lowest BCUT2D eigenvalue weighted by atomic mass is 10.2. The molecule has 0 saturated heterocycles. The number of hydrogen-bond donors (Lipinski definition) is 1. The second-order valence-corrected chi connectivity index (χ2v) is 9.79. The SMILES string of the molecule is CS(=O)(=O)N(CC(=O)NCCSCc1cccc(Cl)c1)c1ccc2c(c1)OCO2. The number of carbonyl (C=O) groups is 1. The summed E-state index contributed by atoms with van der Waals surface area (Å²) in [6.07, 6.45) is 1.06. The van der Waals surface area contributed by atoms with Gasteiger partial charge in [0.1, 0.15) is 6.54 Å². The van der Waals surface area contributed by atoms with Crippen LogP contribution < -0.4 is 19.1 Å². The quantitative estimate of drug-likeness (QED) is 0.584. The van der Waals surface area contributed by atoms with Gasteiger partial charge in [0.05, 0.1) is 11.9 Å². The first-order valence-corrected chi connectivity index (χ1v) is 12.2. The van der Waals surface area contributed by atoms with Crippen LogP contribution in [0.2, 0.25) is 5.02 Å². The third-order valence-corrected chi connectivity index (χ3v) is 6.46. The number of carbonyl (C=O) groups excluding carboxylic acids is 1. The molecule has 0 aromatic heterocycles. The highest BCUT2D eigenvalue weighted by molar-refractivity contribution is 7.98. The second-order valence-electron chi connectivity index (χ2n) is 6.34. The van der Waals surface area contributed by atoms with Gasteiger partial charge in [0, 0.05) is 29.1 Å². The van der Waals surface area contributed by atoms with Crippen molar-refractivity contribution in [3.05, 3.63) is 53.1 Å². The Morgan fingerprint density at radius 1 is 1.21 bits per heavy atom. The molecule has 0 unspecified atom stereocenters. The highest BCUT2D eigenvalue weighted by Crippen LogP contribution is 2.36. The topological polar surface area (TPSA) is 84.9 Å². The Balaban J connectivity index is 1.50. The predicted octanol–water partition coefficient (Wildman–Crippen LogP) is 2.88. The lowest BCUT2D eigenvalue weighted by Crippen LogP contribution is -2.41. The van der Waals surface area contributed by atoms with E-state index in [9.17, 15) is 13.2 Å². The van der Waals surface area contributed by atoms with Gasteiger partial charge in [0.2, 0.25) is 22.7 Å². The summed E-state index contributed by atoms with van der Waals surface area (Å²) in [5.74, 6) is 2.10. The summed E-state index contributed by atoms with van der Waals surface area (Å²) in [7, 11) is -3.65. The van der Waals surface area contributed by atoms with Crippen molar-refractivity contribution < 1.29 is 22.7 Å². The molecule has 29 heavy (non-hydrogen) atoms. The van der Waals surface area contributed by atoms with Gasteiger partial charge < -0.3 is 14.8 Å². The van der Waals surface area contributed by atoms with Crippen LogP contribution in [0.4, 0.5) is 5.69 Å². The fourth-order valence-electron chi connectivity index (χ4n) is 2.71. The predicted molar refractivity (Wildman–Crippen MR) is 115 cm³/mol. The van der Waals surface area contributed by atoms with E-state index in [2.05, 4.69) is 5.32 Å². The molecule has 0 radical (unpaired) electrons. The highest BCUT2D eigenvalue weighted by Gasteiger charge is 2.23. The van der Waals surface area contributed by atoms with Crippen LogP contribution in [0.3, 0.4) is 0 Å². The Morgan fingerprint density at radius 2 is 2.00 bits per heavy atom. The summed E-state index contributed by atoms with van der Waals surface area (Å²) in [5.41, 5.74) is 1.46. The molecule has 3 rings (SSSR count). The number of hydrogen-bond acceptors (Lipinski definition) is 6. The van der Waals surface area contributed by atoms with Crippen molar-refractivity contribution in [3.63, 3.8) is 0 Å². The smallest absolute Gasteiger partial charge is 0.240 e. The number of thioether (sulfide) groups is 1. The van der Waals surface area contributed by atoms with E-state index in [1.807, 2.05) is 24.3 Å². The van der Waals surface area contributed by atoms with Crippen LogP contribution in [-0.2, 0) is 20.6 Å². The van der Waals surface area contributed by atoms with Gasteiger partial charge in [0.15, 0.2) is 11.5 Å². The minimum Gasteiger partial charge on any atom is -0.454 e. The van der Waals surface area contributed by atoms with E-state index >= 15 is 0 Å². The maximum Gasteiger partial charge on any atom is 0.240 e. The number of benzene rings is 2. The van der Waals surface area contributed by atoms with E-state index < -0.39 is 10.0 Å². The van der Waals surface area contributed by atoms with Crippen molar-refractivity contribution in [1.29, 1.82) is 0 Å². The molecular weight excluding hydrogens is 436 g/mol. The molecule has 10 heteroatoms. The third-order valence-electron chi connectivity index (χ3n) is 4.06. The minimum atomic E-state index is -3.65. The average Bonchev–Trinajstić information content (AvgIpc) is 3.13. The van der Waals surface area contributed by atoms with Crippen LogP contribution >= 0.6 is 23.4 Å². The van der Waals surface area contributed by atoms with Crippen molar-refractivity contribution in [3.8, 4) is 11.5 Å². The molecule has 156 valence electrons. The van der Waals surface area contributed by atoms with Crippen LogP contribution in [0.5, 0.6) is 11.5 Å². The Hall–Kier alpha value is -2.10. The van der Waals surface area contributed by atoms with E-state index in [0.717, 1.165) is 21.9 Å². The van der Waals surface area contributed by atoms with Gasteiger partial charge >= 0.3 is 0 Å². The first-order chi connectivity index (χ1) is 13.8. The zero-order chi connectivity index (χ0) is 20.9. The van der Waals surface area contributed by atoms with Gasteiger partial charge in [-0.15, -0.1) is 0 Å². The Labute approximate surface area is 179 Å². The lowest BCUT2D eigenvalue weighted by molar-refractivity contribution is -0.119. The highest BCUT2D eigenvalue weighted by atomic mass is 35.5. The van der Waals surface area contributed by atoms with E-state index in [1.165, 1.54) is 0 Å². The van der Waals surface area contributed by atoms with Crippen molar-refractivity contribution in [1.82, 2.24) is 5.32 Å². The van der Waals surface area contributed by atoms with Crippen LogP contribution in [-0.4, -0.2) is 46.2 Å². The fraction of sp³-hybridized carbons (Fsp3) is 0.316. The molecule has 2 aromatic carbocycles. The molecule has 0 saturated carbocycles. The van der Waals surface area contributed by atoms with Crippen molar-refractivity contribution >= 4 is 45.0 Å². The summed E-state index contributed by atoms with van der Waals surface area (Å²) < 4.78 is 35.9. The summed E-state index contributed by atoms with van der Waals surface area (Å²) in [4.78, 5) is 12.3. The Bertz CT molecular complexity index is 984. The molecule has 1 amide bonds. The van der Waals surface area contributed by atoms with E-state index in [4.69, 9.17) is 21.1 Å². The zero-order valence-electron chi connectivity index (χ0n) is 15.8. The summed E-state index contributed by atoms with van der Waals surface area (Å²) in [6.45, 7) is 0.214. The largest absolute Gasteiger partial charge is 0.454 e. The van der Waals surface area contributed by atoms with Crippen molar-refractivity contribution in [2.24, 2.45) is 0 Å². The molecule has 0 spiro atoms. The first-order valence-electron chi connectivity index (χ1n) is 8.79. The Morgan fingerprint density at radius 3 is 2.76 bits per heavy atom. The number of halogens is 1. The molecule has 1 aliphatic heterocycles. The van der Waals surface area contributed by atoms with Crippen LogP contribution in [0, 0.1) is 0 Å². The second kappa shape index (κ2) is 9.60. The number of amides is 1. The van der Waals surface area contributed by atoms with Gasteiger partial charge in [-0.25, -0.2) is 8.42 Å². The number of anilines is 1. The molecule has 0 bridgehead atoms. The number of nitrogens with zero attached hydrogens (tertiary/aromatic N) is 1. The molecule has 1 aliphatic rings. The average molecular weight is 457 g/mol. The minimum absolute atomic E-state index is 0.0883. The van der Waals surface area contributed by atoms with Gasteiger partial charge in [-0.3, -0.25) is 9.10 Å². The normalized spacial score (nSPS) is 12.6. The fourth-order valence-corrected chi connectivity index (χ4v) is 4.57. The number of fused-ring (bicyclic) bond motifs is 1. The van der Waals surface area contributed by atoms with Crippen LogP contribution in [0.25, 0.3) is 0 Å². The molecule has 0 aliphatic carbocycles. The monoisotopic (exact) mass is 456 g/mol. The molecule has 1 N–H and O–H groups in total. The summed E-state index contributed by atoms with van der Waals surface area (Å²) in [6, 6.07) is 12.4. The zero-order valence-corrected chi connectivity index (χ0v) is 18.1. The molecule has 2 aromatic rings. The molecule has 1 heterocycles. The van der Waals surface area contributed by atoms with Crippen LogP contribution in [0.1, 0.15) is 5.56 Å². The van der Waals surface area contributed by atoms with Crippen molar-refractivity contribution in [2.45, 2.75) is 5.75 Å². The third kappa shape index (κ3) is 6.19. The molecular formula is C19H21ClN2O5S2. The number of ether oxygens (including phenoxy) is 2. The first kappa shape index (κ1) is 21.6. The van der Waals surface area contributed by atoms with Gasteiger partial charge in [-0.2, -0.15) is 11.8 Å². The number of nitrogens with one attached hydrogen (secondary N) is 1. The van der Waals surface area contributed by atoms with E-state index in [1.54, 1.807) is 30.0 Å². The Kier molecular flexibility index (Phi) is 7.15. The number of rotatable bonds is 9. The molecule has 0 fully saturated rings. The van der Waals surface area contributed by atoms with Gasteiger partial charge in [-0.05, 0) is 29.8 Å². The van der Waals surface area contributed by atoms with E-state index in [0.29, 0.717) is 34.5 Å². The summed E-state index contributed by atoms with van der Waals surface area (Å²) >= 11 is 7.61. The van der Waals surface area contributed by atoms with Crippen LogP contribution in [0.15, 0.2) is 42.5 Å². The lowest BCUT2D eigenvalue weighted by Gasteiger charge is -2.22. The maximum atomic E-state index is 12.3. The maximum absolute atomic E-state index is 12.3. The van der Waals surface area contributed by atoms with Gasteiger partial charge in [-0.1, -0.05) is 23.7 Å². The van der Waals surface area contributed by atoms with Crippen molar-refractivity contribution in [2.75, 3.05) is 36.2 Å². The summed E-state index contributed by atoms with van der Waals surface area (Å²) in [5, 5.41) is 3.45.